The van der Waals surface area contributed by atoms with E-state index in [1.54, 1.807) is 18.2 Å². The Morgan fingerprint density at radius 2 is 1.56 bits per heavy atom. The van der Waals surface area contributed by atoms with Crippen LogP contribution in [-0.4, -0.2) is 31.5 Å². The molecule has 0 aliphatic rings. The van der Waals surface area contributed by atoms with Crippen molar-refractivity contribution >= 4 is 11.0 Å². The van der Waals surface area contributed by atoms with Gasteiger partial charge in [0, 0.05) is 17.7 Å². The lowest BCUT2D eigenvalue weighted by Crippen LogP contribution is -2.02. The molecule has 0 spiro atoms. The minimum atomic E-state index is -0.499. The van der Waals surface area contributed by atoms with E-state index in [1.807, 2.05) is 0 Å². The Morgan fingerprint density at radius 3 is 2.20 bits per heavy atom. The van der Waals surface area contributed by atoms with E-state index in [9.17, 15) is 15.0 Å². The first-order valence-corrected chi connectivity index (χ1v) is 7.29. The number of ether oxygens (including phenoxy) is 3. The number of rotatable bonds is 4. The van der Waals surface area contributed by atoms with Crippen LogP contribution in [-0.2, 0) is 0 Å². The number of phenols is 2. The molecule has 0 bridgehead atoms. The van der Waals surface area contributed by atoms with Crippen LogP contribution < -0.4 is 19.6 Å². The molecule has 0 aliphatic carbocycles. The minimum absolute atomic E-state index is 0.00221. The fourth-order valence-corrected chi connectivity index (χ4v) is 2.57. The quantitative estimate of drug-likeness (QED) is 0.702. The molecule has 0 saturated heterocycles. The van der Waals surface area contributed by atoms with Crippen LogP contribution in [0.15, 0.2) is 39.5 Å². The summed E-state index contributed by atoms with van der Waals surface area (Å²) < 4.78 is 21.1. The first-order chi connectivity index (χ1) is 12.0. The first kappa shape index (κ1) is 16.5. The molecule has 130 valence electrons. The smallest absolute Gasteiger partial charge is 0.202 e. The van der Waals surface area contributed by atoms with Crippen LogP contribution in [0.3, 0.4) is 0 Å². The number of aromatic hydroxyl groups is 2. The molecular weight excluding hydrogens is 328 g/mol. The summed E-state index contributed by atoms with van der Waals surface area (Å²) in [5.41, 5.74) is -0.117. The van der Waals surface area contributed by atoms with Gasteiger partial charge in [-0.1, -0.05) is 0 Å². The lowest BCUT2D eigenvalue weighted by molar-refractivity contribution is 0.355. The van der Waals surface area contributed by atoms with Gasteiger partial charge >= 0.3 is 0 Å². The number of phenolic OH excluding ortho intramolecular Hbond substituents is 2. The number of methoxy groups -OCH3 is 3. The molecule has 0 radical (unpaired) electrons. The zero-order valence-electron chi connectivity index (χ0n) is 13.8. The standard InChI is InChI=1S/C18H16O7/c1-22-12-5-4-9(6-14(12)23-2)13-7-10(19)16-11(20)8-15(24-3)17(21)18(16)25-13/h4-8,20-21H,1-3H3. The molecule has 3 aromatic rings. The Hall–Kier alpha value is -3.35. The number of fused-ring (bicyclic) bond motifs is 1. The fourth-order valence-electron chi connectivity index (χ4n) is 2.57. The third-order valence-electron chi connectivity index (χ3n) is 3.81. The summed E-state index contributed by atoms with van der Waals surface area (Å²) in [7, 11) is 4.34. The van der Waals surface area contributed by atoms with E-state index in [0.29, 0.717) is 17.1 Å². The van der Waals surface area contributed by atoms with Crippen LogP contribution in [0, 0.1) is 0 Å². The van der Waals surface area contributed by atoms with Crippen molar-refractivity contribution in [2.75, 3.05) is 21.3 Å². The van der Waals surface area contributed by atoms with E-state index >= 15 is 0 Å². The Morgan fingerprint density at radius 1 is 0.880 bits per heavy atom. The average Bonchev–Trinajstić information content (AvgIpc) is 2.63. The Labute approximate surface area is 142 Å². The molecule has 25 heavy (non-hydrogen) atoms. The highest BCUT2D eigenvalue weighted by Crippen LogP contribution is 2.40. The molecule has 1 heterocycles. The Balaban J connectivity index is 2.28. The van der Waals surface area contributed by atoms with E-state index in [4.69, 9.17) is 18.6 Å². The molecule has 2 aromatic carbocycles. The Kier molecular flexibility index (Phi) is 4.14. The van der Waals surface area contributed by atoms with Crippen molar-refractivity contribution in [2.24, 2.45) is 0 Å². The lowest BCUT2D eigenvalue weighted by Gasteiger charge is -2.11. The summed E-state index contributed by atoms with van der Waals surface area (Å²) in [6, 6.07) is 7.38. The zero-order valence-corrected chi connectivity index (χ0v) is 13.8. The molecule has 0 atom stereocenters. The SMILES string of the molecule is COc1ccc(-c2cc(=O)c3c(O)cc(OC)c(O)c3o2)cc1OC. The minimum Gasteiger partial charge on any atom is -0.507 e. The third-order valence-corrected chi connectivity index (χ3v) is 3.81. The molecule has 2 N–H and O–H groups in total. The summed E-state index contributed by atoms with van der Waals surface area (Å²) in [4.78, 5) is 12.4. The maximum atomic E-state index is 12.4. The highest BCUT2D eigenvalue weighted by atomic mass is 16.5. The summed E-state index contributed by atoms with van der Waals surface area (Å²) in [5, 5.41) is 20.1. The van der Waals surface area contributed by atoms with Crippen LogP contribution in [0.1, 0.15) is 0 Å². The highest BCUT2D eigenvalue weighted by Gasteiger charge is 2.19. The largest absolute Gasteiger partial charge is 0.507 e. The van der Waals surface area contributed by atoms with E-state index in [2.05, 4.69) is 0 Å². The van der Waals surface area contributed by atoms with Crippen molar-refractivity contribution in [3.05, 3.63) is 40.6 Å². The second kappa shape index (κ2) is 6.27. The van der Waals surface area contributed by atoms with Gasteiger partial charge in [-0.2, -0.15) is 0 Å². The van der Waals surface area contributed by atoms with Crippen molar-refractivity contribution in [2.45, 2.75) is 0 Å². The Bertz CT molecular complexity index is 1000. The van der Waals surface area contributed by atoms with Crippen LogP contribution in [0.25, 0.3) is 22.3 Å². The van der Waals surface area contributed by atoms with E-state index < -0.39 is 5.43 Å². The van der Waals surface area contributed by atoms with Crippen LogP contribution in [0.5, 0.6) is 28.7 Å². The van der Waals surface area contributed by atoms with Gasteiger partial charge in [0.05, 0.1) is 21.3 Å². The van der Waals surface area contributed by atoms with Gasteiger partial charge in [0.2, 0.25) is 5.75 Å². The van der Waals surface area contributed by atoms with Crippen LogP contribution >= 0.6 is 0 Å². The molecule has 0 unspecified atom stereocenters. The molecule has 7 nitrogen and oxygen atoms in total. The monoisotopic (exact) mass is 344 g/mol. The fraction of sp³-hybridized carbons (Fsp3) is 0.167. The van der Waals surface area contributed by atoms with Gasteiger partial charge in [-0.3, -0.25) is 4.79 Å². The van der Waals surface area contributed by atoms with Crippen LogP contribution in [0.2, 0.25) is 0 Å². The second-order valence-corrected chi connectivity index (χ2v) is 5.20. The maximum absolute atomic E-state index is 12.4. The summed E-state index contributed by atoms with van der Waals surface area (Å²) in [6.45, 7) is 0. The topological polar surface area (TPSA) is 98.4 Å². The van der Waals surface area contributed by atoms with Gasteiger partial charge in [0.15, 0.2) is 28.3 Å². The maximum Gasteiger partial charge on any atom is 0.202 e. The summed E-state index contributed by atoms with van der Waals surface area (Å²) in [6.07, 6.45) is 0. The highest BCUT2D eigenvalue weighted by molar-refractivity contribution is 5.91. The number of hydrogen-bond donors (Lipinski definition) is 2. The predicted octanol–water partition coefficient (Wildman–Crippen LogP) is 2.90. The number of hydrogen-bond acceptors (Lipinski definition) is 7. The third kappa shape index (κ3) is 2.69. The molecule has 7 heteroatoms. The molecule has 0 aliphatic heterocycles. The predicted molar refractivity (Wildman–Crippen MR) is 90.9 cm³/mol. The van der Waals surface area contributed by atoms with Crippen molar-refractivity contribution in [3.8, 4) is 40.1 Å². The van der Waals surface area contributed by atoms with Crippen LogP contribution in [0.4, 0.5) is 0 Å². The van der Waals surface area contributed by atoms with Gasteiger partial charge in [-0.25, -0.2) is 0 Å². The van der Waals surface area contributed by atoms with Gasteiger partial charge in [-0.15, -0.1) is 0 Å². The van der Waals surface area contributed by atoms with E-state index in [1.165, 1.54) is 27.4 Å². The zero-order chi connectivity index (χ0) is 18.1. The molecule has 1 aromatic heterocycles. The normalized spacial score (nSPS) is 10.7. The molecular formula is C18H16O7. The molecule has 0 amide bonds. The number of benzene rings is 2. The molecule has 0 fully saturated rings. The lowest BCUT2D eigenvalue weighted by atomic mass is 10.1. The van der Waals surface area contributed by atoms with E-state index in [0.717, 1.165) is 6.07 Å². The van der Waals surface area contributed by atoms with Gasteiger partial charge < -0.3 is 28.8 Å². The summed E-state index contributed by atoms with van der Waals surface area (Å²) in [5.74, 6) is 0.475. The van der Waals surface area contributed by atoms with Crippen molar-refractivity contribution in [1.29, 1.82) is 0 Å². The van der Waals surface area contributed by atoms with E-state index in [-0.39, 0.29) is 34.0 Å². The summed E-state index contributed by atoms with van der Waals surface area (Å²) >= 11 is 0. The molecule has 0 saturated carbocycles. The van der Waals surface area contributed by atoms with Gasteiger partial charge in [0.1, 0.15) is 16.9 Å². The van der Waals surface area contributed by atoms with Crippen molar-refractivity contribution in [3.63, 3.8) is 0 Å². The van der Waals surface area contributed by atoms with Gasteiger partial charge in [0.25, 0.3) is 0 Å². The molecule has 3 rings (SSSR count). The van der Waals surface area contributed by atoms with Crippen molar-refractivity contribution in [1.82, 2.24) is 0 Å². The average molecular weight is 344 g/mol. The second-order valence-electron chi connectivity index (χ2n) is 5.20. The first-order valence-electron chi connectivity index (χ1n) is 7.29. The van der Waals surface area contributed by atoms with Crippen molar-refractivity contribution < 1.29 is 28.8 Å². The van der Waals surface area contributed by atoms with Gasteiger partial charge in [-0.05, 0) is 18.2 Å².